The number of hydrogen-bond acceptors (Lipinski definition) is 4. The van der Waals surface area contributed by atoms with Crippen LogP contribution in [-0.4, -0.2) is 24.4 Å². The van der Waals surface area contributed by atoms with Gasteiger partial charge in [-0.3, -0.25) is 4.79 Å². The lowest BCUT2D eigenvalue weighted by Gasteiger charge is -2.20. The molecule has 0 spiro atoms. The van der Waals surface area contributed by atoms with Crippen molar-refractivity contribution in [3.05, 3.63) is 46.0 Å². The smallest absolute Gasteiger partial charge is 0.272 e. The maximum Gasteiger partial charge on any atom is 0.272 e. The predicted octanol–water partition coefficient (Wildman–Crippen LogP) is 3.30. The normalized spacial score (nSPS) is 12.3. The van der Waals surface area contributed by atoms with E-state index in [1.807, 2.05) is 0 Å². The molecule has 1 aromatic carbocycles. The van der Waals surface area contributed by atoms with Crippen LogP contribution in [0.5, 0.6) is 0 Å². The van der Waals surface area contributed by atoms with Crippen molar-refractivity contribution in [2.24, 2.45) is 7.05 Å². The summed E-state index contributed by atoms with van der Waals surface area (Å²) in [4.78, 5) is 14.6. The number of aryl methyl sites for hydroxylation is 1. The highest BCUT2D eigenvalue weighted by Gasteiger charge is 2.22. The number of rotatable bonds is 5. The van der Waals surface area contributed by atoms with Gasteiger partial charge in [-0.2, -0.15) is 0 Å². The van der Waals surface area contributed by atoms with Crippen molar-refractivity contribution >= 4 is 44.8 Å². The van der Waals surface area contributed by atoms with Crippen molar-refractivity contribution in [2.75, 3.05) is 5.32 Å². The minimum Gasteiger partial charge on any atom is -0.345 e. The zero-order chi connectivity index (χ0) is 20.6. The lowest BCUT2D eigenvalue weighted by Crippen LogP contribution is -2.48. The molecular formula is C16H19Cl2FN4O3S. The Labute approximate surface area is 166 Å². The van der Waals surface area contributed by atoms with Gasteiger partial charge in [-0.05, 0) is 39.0 Å². The van der Waals surface area contributed by atoms with E-state index in [0.717, 1.165) is 0 Å². The number of hydrazine groups is 1. The molecule has 0 radical (unpaired) electrons. The molecule has 0 fully saturated rings. The molecule has 1 aromatic heterocycles. The van der Waals surface area contributed by atoms with Gasteiger partial charge in [0.2, 0.25) is 0 Å². The summed E-state index contributed by atoms with van der Waals surface area (Å²) in [7, 11) is -2.35. The van der Waals surface area contributed by atoms with Crippen LogP contribution in [0.2, 0.25) is 10.0 Å². The molecule has 3 N–H and O–H groups in total. The van der Waals surface area contributed by atoms with Gasteiger partial charge in [0, 0.05) is 24.5 Å². The number of nitrogens with zero attached hydrogens (tertiary/aromatic N) is 1. The number of aromatic nitrogens is 1. The molecule has 11 heteroatoms. The Morgan fingerprint density at radius 1 is 1.15 bits per heavy atom. The van der Waals surface area contributed by atoms with Crippen molar-refractivity contribution < 1.29 is 17.6 Å². The van der Waals surface area contributed by atoms with Crippen molar-refractivity contribution in [1.29, 1.82) is 0 Å². The fraction of sp³-hybridized carbons (Fsp3) is 0.312. The van der Waals surface area contributed by atoms with Gasteiger partial charge >= 0.3 is 0 Å². The molecule has 0 aliphatic carbocycles. The fourth-order valence-electron chi connectivity index (χ4n) is 2.01. The van der Waals surface area contributed by atoms with E-state index < -0.39 is 27.3 Å². The third-order valence-electron chi connectivity index (χ3n) is 3.32. The molecule has 1 heterocycles. The average Bonchev–Trinajstić information content (AvgIpc) is 2.93. The summed E-state index contributed by atoms with van der Waals surface area (Å²) in [5, 5.41) is 2.01. The van der Waals surface area contributed by atoms with Gasteiger partial charge in [-0.1, -0.05) is 23.2 Å². The van der Waals surface area contributed by atoms with Gasteiger partial charge in [0.1, 0.15) is 10.6 Å². The standard InChI is InChI=1S/C16H19Cl2FN4O3S/c1-16(2,3)21-22-27(25,26)10-7-13(23(4)8-10)15(24)20-9-5-11(17)14(19)12(18)6-9/h5-8,21-22H,1-4H3,(H,20,24). The van der Waals surface area contributed by atoms with Crippen LogP contribution in [0.15, 0.2) is 29.3 Å². The van der Waals surface area contributed by atoms with Crippen molar-refractivity contribution in [3.8, 4) is 0 Å². The van der Waals surface area contributed by atoms with E-state index in [-0.39, 0.29) is 26.3 Å². The van der Waals surface area contributed by atoms with Crippen LogP contribution in [0, 0.1) is 5.82 Å². The number of hydrogen-bond donors (Lipinski definition) is 3. The number of sulfonamides is 1. The van der Waals surface area contributed by atoms with E-state index in [1.54, 1.807) is 20.8 Å². The number of nitrogens with one attached hydrogen (secondary N) is 3. The summed E-state index contributed by atoms with van der Waals surface area (Å²) in [5.74, 6) is -1.40. The Kier molecular flexibility index (Phi) is 6.23. The number of amides is 1. The second-order valence-corrected chi connectivity index (χ2v) is 9.36. The minimum atomic E-state index is -3.87. The molecule has 0 unspecified atom stereocenters. The summed E-state index contributed by atoms with van der Waals surface area (Å²) >= 11 is 11.4. The van der Waals surface area contributed by atoms with Crippen molar-refractivity contribution in [3.63, 3.8) is 0 Å². The Hall–Kier alpha value is -1.65. The summed E-state index contributed by atoms with van der Waals surface area (Å²) in [6.45, 7) is 5.37. The van der Waals surface area contributed by atoms with Crippen LogP contribution in [0.25, 0.3) is 0 Å². The number of halogens is 3. The molecular weight excluding hydrogens is 418 g/mol. The summed E-state index contributed by atoms with van der Waals surface area (Å²) in [6.07, 6.45) is 1.30. The molecule has 2 rings (SSSR count). The lowest BCUT2D eigenvalue weighted by molar-refractivity contribution is 0.101. The highest BCUT2D eigenvalue weighted by Crippen LogP contribution is 2.27. The van der Waals surface area contributed by atoms with Crippen LogP contribution >= 0.6 is 23.2 Å². The van der Waals surface area contributed by atoms with E-state index in [2.05, 4.69) is 15.6 Å². The van der Waals surface area contributed by atoms with Crippen LogP contribution in [0.1, 0.15) is 31.3 Å². The van der Waals surface area contributed by atoms with Crippen LogP contribution in [-0.2, 0) is 17.1 Å². The van der Waals surface area contributed by atoms with Crippen LogP contribution < -0.4 is 15.6 Å². The van der Waals surface area contributed by atoms with Gasteiger partial charge in [-0.15, -0.1) is 4.83 Å². The minimum absolute atomic E-state index is 0.0719. The van der Waals surface area contributed by atoms with E-state index in [9.17, 15) is 17.6 Å². The largest absolute Gasteiger partial charge is 0.345 e. The molecule has 27 heavy (non-hydrogen) atoms. The maximum absolute atomic E-state index is 13.5. The summed E-state index contributed by atoms with van der Waals surface area (Å²) in [5.41, 5.74) is 2.43. The molecule has 0 saturated heterocycles. The summed E-state index contributed by atoms with van der Waals surface area (Å²) in [6, 6.07) is 3.63. The van der Waals surface area contributed by atoms with Crippen molar-refractivity contribution in [1.82, 2.24) is 14.8 Å². The Balaban J connectivity index is 2.24. The second kappa shape index (κ2) is 7.76. The first-order valence-corrected chi connectivity index (χ1v) is 9.95. The number of carbonyl (C=O) groups is 1. The monoisotopic (exact) mass is 436 g/mol. The predicted molar refractivity (Wildman–Crippen MR) is 103 cm³/mol. The Morgan fingerprint density at radius 2 is 1.70 bits per heavy atom. The molecule has 0 bridgehead atoms. The van der Waals surface area contributed by atoms with Crippen LogP contribution in [0.4, 0.5) is 10.1 Å². The zero-order valence-electron chi connectivity index (χ0n) is 15.0. The molecule has 2 aromatic rings. The third kappa shape index (κ3) is 5.43. The van der Waals surface area contributed by atoms with E-state index in [4.69, 9.17) is 23.2 Å². The molecule has 0 aliphatic rings. The third-order valence-corrected chi connectivity index (χ3v) is 5.09. The van der Waals surface area contributed by atoms with Gasteiger partial charge in [0.15, 0.2) is 5.82 Å². The molecule has 0 saturated carbocycles. The van der Waals surface area contributed by atoms with E-state index in [1.165, 1.54) is 36.0 Å². The zero-order valence-corrected chi connectivity index (χ0v) is 17.4. The topological polar surface area (TPSA) is 92.2 Å². The van der Waals surface area contributed by atoms with Gasteiger partial charge in [0.05, 0.1) is 10.0 Å². The number of carbonyl (C=O) groups excluding carboxylic acids is 1. The first-order chi connectivity index (χ1) is 12.3. The average molecular weight is 437 g/mol. The number of anilines is 1. The SMILES string of the molecule is Cn1cc(S(=O)(=O)NNC(C)(C)C)cc1C(=O)Nc1cc(Cl)c(F)c(Cl)c1. The molecule has 148 valence electrons. The molecule has 7 nitrogen and oxygen atoms in total. The van der Waals surface area contributed by atoms with Gasteiger partial charge in [0.25, 0.3) is 15.9 Å². The Bertz CT molecular complexity index is 961. The molecule has 0 atom stereocenters. The van der Waals surface area contributed by atoms with Gasteiger partial charge in [-0.25, -0.2) is 18.2 Å². The Morgan fingerprint density at radius 3 is 2.22 bits per heavy atom. The molecule has 0 aliphatic heterocycles. The number of benzene rings is 1. The highest BCUT2D eigenvalue weighted by molar-refractivity contribution is 7.89. The van der Waals surface area contributed by atoms with Gasteiger partial charge < -0.3 is 9.88 Å². The maximum atomic E-state index is 13.5. The van der Waals surface area contributed by atoms with Crippen molar-refractivity contribution in [2.45, 2.75) is 31.2 Å². The molecule has 1 amide bonds. The summed E-state index contributed by atoms with van der Waals surface area (Å²) < 4.78 is 39.5. The first-order valence-electron chi connectivity index (χ1n) is 7.71. The fourth-order valence-corrected chi connectivity index (χ4v) is 3.62. The highest BCUT2D eigenvalue weighted by atomic mass is 35.5. The quantitative estimate of drug-likeness (QED) is 0.495. The second-order valence-electron chi connectivity index (χ2n) is 6.86. The lowest BCUT2D eigenvalue weighted by atomic mass is 10.1. The van der Waals surface area contributed by atoms with Crippen LogP contribution in [0.3, 0.4) is 0 Å². The van der Waals surface area contributed by atoms with E-state index in [0.29, 0.717) is 0 Å². The first kappa shape index (κ1) is 21.6. The van der Waals surface area contributed by atoms with E-state index >= 15 is 0 Å².